The number of rotatable bonds is 6. The molecule has 1 aromatic carbocycles. The van der Waals surface area contributed by atoms with Crippen LogP contribution in [0.5, 0.6) is 5.75 Å². The summed E-state index contributed by atoms with van der Waals surface area (Å²) in [6.07, 6.45) is 2.45. The summed E-state index contributed by atoms with van der Waals surface area (Å²) in [6, 6.07) is 13.6. The first-order valence-corrected chi connectivity index (χ1v) is 8.84. The number of hydrogen-bond acceptors (Lipinski definition) is 5. The second kappa shape index (κ2) is 7.62. The zero-order chi connectivity index (χ0) is 16.9. The average Bonchev–Trinajstić information content (AvgIpc) is 2.92. The SMILES string of the molecule is CC(COc1ccc(CC2SC(=O)CC2=O)cc1)c1ccccn1. The van der Waals surface area contributed by atoms with E-state index in [4.69, 9.17) is 4.74 Å². The van der Waals surface area contributed by atoms with Gasteiger partial charge in [0.15, 0.2) is 10.9 Å². The van der Waals surface area contributed by atoms with Gasteiger partial charge in [0.2, 0.25) is 0 Å². The molecule has 2 heterocycles. The number of benzene rings is 1. The predicted molar refractivity (Wildman–Crippen MR) is 94.3 cm³/mol. The van der Waals surface area contributed by atoms with Crippen LogP contribution in [0.3, 0.4) is 0 Å². The number of Topliss-reactive ketones (excluding diaryl/α,β-unsaturated/α-hetero) is 1. The van der Waals surface area contributed by atoms with Gasteiger partial charge >= 0.3 is 0 Å². The second-order valence-corrected chi connectivity index (χ2v) is 7.20. The standard InChI is InChI=1S/C19H19NO3S/c1-13(16-4-2-3-9-20-16)12-23-15-7-5-14(6-8-15)10-18-17(21)11-19(22)24-18/h2-9,13,18H,10-12H2,1H3. The molecule has 3 rings (SSSR count). The molecule has 4 nitrogen and oxygen atoms in total. The maximum absolute atomic E-state index is 11.7. The zero-order valence-electron chi connectivity index (χ0n) is 13.5. The van der Waals surface area contributed by atoms with Gasteiger partial charge < -0.3 is 4.74 Å². The van der Waals surface area contributed by atoms with Gasteiger partial charge in [0.1, 0.15) is 5.75 Å². The maximum Gasteiger partial charge on any atom is 0.197 e. The van der Waals surface area contributed by atoms with Crippen LogP contribution in [-0.2, 0) is 16.0 Å². The van der Waals surface area contributed by atoms with E-state index in [1.807, 2.05) is 42.5 Å². The van der Waals surface area contributed by atoms with Crippen molar-refractivity contribution < 1.29 is 14.3 Å². The van der Waals surface area contributed by atoms with Crippen LogP contribution in [0, 0.1) is 0 Å². The molecule has 2 unspecified atom stereocenters. The Morgan fingerprint density at radius 2 is 2.00 bits per heavy atom. The van der Waals surface area contributed by atoms with Crippen molar-refractivity contribution >= 4 is 22.7 Å². The largest absolute Gasteiger partial charge is 0.493 e. The molecule has 5 heteroatoms. The van der Waals surface area contributed by atoms with E-state index in [0.29, 0.717) is 13.0 Å². The number of ether oxygens (including phenoxy) is 1. The average molecular weight is 341 g/mol. The van der Waals surface area contributed by atoms with E-state index in [1.165, 1.54) is 0 Å². The van der Waals surface area contributed by atoms with Crippen LogP contribution in [0.1, 0.15) is 30.5 Å². The Morgan fingerprint density at radius 3 is 2.62 bits per heavy atom. The van der Waals surface area contributed by atoms with Gasteiger partial charge in [-0.2, -0.15) is 0 Å². The fourth-order valence-electron chi connectivity index (χ4n) is 2.59. The molecule has 0 radical (unpaired) electrons. The van der Waals surface area contributed by atoms with Crippen LogP contribution in [0.2, 0.25) is 0 Å². The van der Waals surface area contributed by atoms with Gasteiger partial charge in [0.05, 0.1) is 18.3 Å². The lowest BCUT2D eigenvalue weighted by Crippen LogP contribution is -2.13. The molecule has 124 valence electrons. The van der Waals surface area contributed by atoms with Crippen LogP contribution in [-0.4, -0.2) is 27.7 Å². The highest BCUT2D eigenvalue weighted by Crippen LogP contribution is 2.28. The van der Waals surface area contributed by atoms with Crippen molar-refractivity contribution in [1.29, 1.82) is 0 Å². The number of thioether (sulfide) groups is 1. The highest BCUT2D eigenvalue weighted by molar-refractivity contribution is 8.15. The summed E-state index contributed by atoms with van der Waals surface area (Å²) in [5.41, 5.74) is 2.05. The van der Waals surface area contributed by atoms with Crippen molar-refractivity contribution in [3.63, 3.8) is 0 Å². The number of pyridine rings is 1. The fourth-order valence-corrected chi connectivity index (χ4v) is 3.62. The molecule has 0 amide bonds. The molecule has 0 saturated carbocycles. The van der Waals surface area contributed by atoms with Crippen LogP contribution in [0.25, 0.3) is 0 Å². The van der Waals surface area contributed by atoms with Gasteiger partial charge in [-0.25, -0.2) is 0 Å². The van der Waals surface area contributed by atoms with Crippen molar-refractivity contribution in [3.8, 4) is 5.75 Å². The minimum absolute atomic E-state index is 0.0199. The molecule has 0 N–H and O–H groups in total. The van der Waals surface area contributed by atoms with Gasteiger partial charge in [0, 0.05) is 17.8 Å². The monoisotopic (exact) mass is 341 g/mol. The maximum atomic E-state index is 11.7. The van der Waals surface area contributed by atoms with Crippen LogP contribution >= 0.6 is 11.8 Å². The topological polar surface area (TPSA) is 56.3 Å². The molecule has 2 aromatic rings. The summed E-state index contributed by atoms with van der Waals surface area (Å²) in [6.45, 7) is 2.64. The molecule has 1 fully saturated rings. The molecule has 1 saturated heterocycles. The third kappa shape index (κ3) is 4.23. The Bertz CT molecular complexity index is 715. The Kier molecular flexibility index (Phi) is 5.30. The lowest BCUT2D eigenvalue weighted by Gasteiger charge is -2.13. The molecule has 2 atom stereocenters. The third-order valence-electron chi connectivity index (χ3n) is 3.99. The van der Waals surface area contributed by atoms with E-state index < -0.39 is 0 Å². The third-order valence-corrected chi connectivity index (χ3v) is 5.11. The minimum atomic E-state index is -0.228. The first-order chi connectivity index (χ1) is 11.6. The molecule has 1 aliphatic rings. The number of nitrogens with zero attached hydrogens (tertiary/aromatic N) is 1. The van der Waals surface area contributed by atoms with Gasteiger partial charge in [-0.3, -0.25) is 14.6 Å². The molecule has 0 aliphatic carbocycles. The van der Waals surface area contributed by atoms with E-state index in [9.17, 15) is 9.59 Å². The Hall–Kier alpha value is -2.14. The van der Waals surface area contributed by atoms with E-state index in [2.05, 4.69) is 11.9 Å². The molecular weight excluding hydrogens is 322 g/mol. The highest BCUT2D eigenvalue weighted by atomic mass is 32.2. The Morgan fingerprint density at radius 1 is 1.21 bits per heavy atom. The van der Waals surface area contributed by atoms with E-state index in [0.717, 1.165) is 28.8 Å². The van der Waals surface area contributed by atoms with Gasteiger partial charge in [-0.05, 0) is 36.2 Å². The Labute approximate surface area is 145 Å². The zero-order valence-corrected chi connectivity index (χ0v) is 14.3. The lowest BCUT2D eigenvalue weighted by molar-refractivity contribution is -0.121. The highest BCUT2D eigenvalue weighted by Gasteiger charge is 2.31. The fraction of sp³-hybridized carbons (Fsp3) is 0.316. The summed E-state index contributed by atoms with van der Waals surface area (Å²) in [7, 11) is 0. The second-order valence-electron chi connectivity index (χ2n) is 5.94. The predicted octanol–water partition coefficient (Wildman–Crippen LogP) is 3.41. The number of ketones is 1. The van der Waals surface area contributed by atoms with E-state index in [1.54, 1.807) is 6.20 Å². The first kappa shape index (κ1) is 16.7. The van der Waals surface area contributed by atoms with Crippen molar-refractivity contribution in [3.05, 3.63) is 59.9 Å². The van der Waals surface area contributed by atoms with Crippen molar-refractivity contribution in [2.24, 2.45) is 0 Å². The number of hydrogen-bond donors (Lipinski definition) is 0. The molecule has 1 aromatic heterocycles. The van der Waals surface area contributed by atoms with Crippen LogP contribution in [0.4, 0.5) is 0 Å². The quantitative estimate of drug-likeness (QED) is 0.754. The van der Waals surface area contributed by atoms with E-state index in [-0.39, 0.29) is 28.5 Å². The molecule has 0 bridgehead atoms. The van der Waals surface area contributed by atoms with Crippen molar-refractivity contribution in [2.75, 3.05) is 6.61 Å². The molecule has 1 aliphatic heterocycles. The van der Waals surface area contributed by atoms with Gasteiger partial charge in [-0.1, -0.05) is 36.9 Å². The van der Waals surface area contributed by atoms with Gasteiger partial charge in [-0.15, -0.1) is 0 Å². The number of carbonyl (C=O) groups is 2. The van der Waals surface area contributed by atoms with Crippen LogP contribution < -0.4 is 4.74 Å². The molecule has 0 spiro atoms. The molecule has 24 heavy (non-hydrogen) atoms. The minimum Gasteiger partial charge on any atom is -0.493 e. The van der Waals surface area contributed by atoms with Crippen molar-refractivity contribution in [2.45, 2.75) is 30.9 Å². The summed E-state index contributed by atoms with van der Waals surface area (Å²) < 4.78 is 5.82. The first-order valence-electron chi connectivity index (χ1n) is 7.96. The number of carbonyl (C=O) groups excluding carboxylic acids is 2. The molecular formula is C19H19NO3S. The lowest BCUT2D eigenvalue weighted by atomic mass is 10.1. The summed E-state index contributed by atoms with van der Waals surface area (Å²) in [5.74, 6) is 1.04. The van der Waals surface area contributed by atoms with Crippen LogP contribution in [0.15, 0.2) is 48.7 Å². The normalized spacial score (nSPS) is 18.6. The smallest absolute Gasteiger partial charge is 0.197 e. The summed E-state index contributed by atoms with van der Waals surface area (Å²) in [5, 5.41) is -0.248. The van der Waals surface area contributed by atoms with Gasteiger partial charge in [0.25, 0.3) is 0 Å². The number of aromatic nitrogens is 1. The Balaban J connectivity index is 1.53. The van der Waals surface area contributed by atoms with E-state index >= 15 is 0 Å². The summed E-state index contributed by atoms with van der Waals surface area (Å²) in [4.78, 5) is 27.3. The summed E-state index contributed by atoms with van der Waals surface area (Å²) >= 11 is 1.16. The van der Waals surface area contributed by atoms with Crippen molar-refractivity contribution in [1.82, 2.24) is 4.98 Å².